The number of fused-ring (bicyclic) bond motifs is 1. The smallest absolute Gasteiger partial charge is 0.271 e. The maximum atomic E-state index is 13.0. The second kappa shape index (κ2) is 6.34. The van der Waals surface area contributed by atoms with Gasteiger partial charge < -0.3 is 5.32 Å². The molecule has 0 spiro atoms. The number of carbonyl (C=O) groups excluding carboxylic acids is 1. The molecule has 0 saturated heterocycles. The summed E-state index contributed by atoms with van der Waals surface area (Å²) in [5.41, 5.74) is 0.711. The van der Waals surface area contributed by atoms with Crippen molar-refractivity contribution in [3.8, 4) is 0 Å². The largest absolute Gasteiger partial charge is 0.350 e. The molecule has 4 aliphatic carbocycles. The van der Waals surface area contributed by atoms with Gasteiger partial charge in [-0.25, -0.2) is 4.98 Å². The maximum Gasteiger partial charge on any atom is 0.271 e. The molecular weight excluding hydrogens is 378 g/mol. The molecule has 2 aromatic heterocycles. The number of nitrogens with one attached hydrogen (secondary N) is 1. The molecule has 1 atom stereocenters. The van der Waals surface area contributed by atoms with Crippen LogP contribution in [-0.2, 0) is 11.8 Å². The molecule has 7 heteroatoms. The molecule has 1 amide bonds. The van der Waals surface area contributed by atoms with Crippen LogP contribution in [0.1, 0.15) is 45.4 Å². The van der Waals surface area contributed by atoms with Gasteiger partial charge >= 0.3 is 0 Å². The quantitative estimate of drug-likeness (QED) is 0.626. The number of amides is 1. The minimum atomic E-state index is -0.271. The third kappa shape index (κ3) is 3.03. The van der Waals surface area contributed by atoms with Crippen molar-refractivity contribution in [3.63, 3.8) is 0 Å². The summed E-state index contributed by atoms with van der Waals surface area (Å²) in [6, 6.07) is 1.87. The fraction of sp³-hybridized carbons (Fsp3) is 0.650. The van der Waals surface area contributed by atoms with Gasteiger partial charge in [-0.3, -0.25) is 14.2 Å². The summed E-state index contributed by atoms with van der Waals surface area (Å²) < 4.78 is 2.24. The molecule has 4 bridgehead atoms. The van der Waals surface area contributed by atoms with E-state index in [0.29, 0.717) is 9.86 Å². The predicted molar refractivity (Wildman–Crippen MR) is 109 cm³/mol. The van der Waals surface area contributed by atoms with Crippen molar-refractivity contribution in [2.24, 2.45) is 24.8 Å². The van der Waals surface area contributed by atoms with Crippen molar-refractivity contribution in [2.75, 3.05) is 0 Å². The zero-order chi connectivity index (χ0) is 18.8. The minimum Gasteiger partial charge on any atom is -0.350 e. The van der Waals surface area contributed by atoms with Crippen LogP contribution in [0.2, 0.25) is 0 Å². The average molecular weight is 404 g/mol. The topological polar surface area (TPSA) is 64.0 Å². The zero-order valence-corrected chi connectivity index (χ0v) is 17.4. The second-order valence-corrected chi connectivity index (χ2v) is 11.1. The van der Waals surface area contributed by atoms with E-state index >= 15 is 0 Å². The summed E-state index contributed by atoms with van der Waals surface area (Å²) in [5, 5.41) is 5.66. The summed E-state index contributed by atoms with van der Waals surface area (Å²) in [5.74, 6) is 2.51. The van der Waals surface area contributed by atoms with Crippen molar-refractivity contribution >= 4 is 39.2 Å². The number of carbonyl (C=O) groups is 1. The normalized spacial score (nSPS) is 32.7. The molecule has 0 aromatic carbocycles. The Bertz CT molecular complexity index is 928. The Kier molecular flexibility index (Phi) is 4.17. The Morgan fingerprint density at radius 3 is 2.56 bits per heavy atom. The second-order valence-electron chi connectivity index (χ2n) is 8.84. The van der Waals surface area contributed by atoms with Crippen LogP contribution in [-0.4, -0.2) is 26.2 Å². The summed E-state index contributed by atoms with van der Waals surface area (Å²) in [6.07, 6.45) is 7.56. The first-order valence-electron chi connectivity index (χ1n) is 9.85. The van der Waals surface area contributed by atoms with Crippen LogP contribution in [0.25, 0.3) is 10.2 Å². The monoisotopic (exact) mass is 403 g/mol. The van der Waals surface area contributed by atoms with Crippen LogP contribution in [0.5, 0.6) is 0 Å². The van der Waals surface area contributed by atoms with E-state index in [-0.39, 0.29) is 22.3 Å². The average Bonchev–Trinajstić information content (AvgIpc) is 3.06. The molecule has 144 valence electrons. The lowest BCUT2D eigenvalue weighted by atomic mass is 9.53. The van der Waals surface area contributed by atoms with Gasteiger partial charge in [0.15, 0.2) is 5.16 Å². The third-order valence-corrected chi connectivity index (χ3v) is 8.76. The third-order valence-electron chi connectivity index (χ3n) is 6.72. The van der Waals surface area contributed by atoms with Gasteiger partial charge in [-0.15, -0.1) is 11.3 Å². The van der Waals surface area contributed by atoms with E-state index in [9.17, 15) is 9.59 Å². The fourth-order valence-corrected chi connectivity index (χ4v) is 7.59. The highest BCUT2D eigenvalue weighted by Crippen LogP contribution is 2.55. The van der Waals surface area contributed by atoms with Gasteiger partial charge in [0, 0.05) is 12.6 Å². The Labute approximate surface area is 166 Å². The molecule has 0 radical (unpaired) electrons. The van der Waals surface area contributed by atoms with Gasteiger partial charge in [-0.05, 0) is 74.6 Å². The van der Waals surface area contributed by atoms with E-state index in [2.05, 4.69) is 10.3 Å². The molecule has 1 unspecified atom stereocenters. The van der Waals surface area contributed by atoms with Gasteiger partial charge in [-0.1, -0.05) is 11.8 Å². The molecule has 0 aliphatic heterocycles. The fourth-order valence-electron chi connectivity index (χ4n) is 5.91. The van der Waals surface area contributed by atoms with E-state index < -0.39 is 0 Å². The first-order chi connectivity index (χ1) is 12.9. The summed E-state index contributed by atoms with van der Waals surface area (Å²) in [4.78, 5) is 30.1. The molecule has 2 aromatic rings. The molecule has 6 rings (SSSR count). The van der Waals surface area contributed by atoms with E-state index in [1.54, 1.807) is 11.6 Å². The van der Waals surface area contributed by atoms with Gasteiger partial charge in [0.25, 0.3) is 5.56 Å². The highest BCUT2D eigenvalue weighted by atomic mass is 32.2. The lowest BCUT2D eigenvalue weighted by molar-refractivity contribution is -0.126. The molecule has 1 N–H and O–H groups in total. The molecule has 2 heterocycles. The van der Waals surface area contributed by atoms with Crippen molar-refractivity contribution in [1.29, 1.82) is 0 Å². The van der Waals surface area contributed by atoms with Crippen LogP contribution in [0, 0.1) is 17.8 Å². The first-order valence-corrected chi connectivity index (χ1v) is 11.6. The molecule has 4 saturated carbocycles. The number of hydrogen-bond acceptors (Lipinski definition) is 5. The molecule has 4 aliphatic rings. The van der Waals surface area contributed by atoms with Crippen LogP contribution < -0.4 is 10.9 Å². The highest BCUT2D eigenvalue weighted by Gasteiger charge is 2.51. The Morgan fingerprint density at radius 2 is 1.93 bits per heavy atom. The van der Waals surface area contributed by atoms with Gasteiger partial charge in [0.2, 0.25) is 5.91 Å². The van der Waals surface area contributed by atoms with Gasteiger partial charge in [0.1, 0.15) is 4.70 Å². The minimum absolute atomic E-state index is 0.0251. The highest BCUT2D eigenvalue weighted by molar-refractivity contribution is 8.00. The van der Waals surface area contributed by atoms with E-state index in [1.165, 1.54) is 42.4 Å². The number of hydrogen-bond donors (Lipinski definition) is 1. The van der Waals surface area contributed by atoms with E-state index in [1.807, 2.05) is 18.4 Å². The van der Waals surface area contributed by atoms with E-state index in [0.717, 1.165) is 42.5 Å². The van der Waals surface area contributed by atoms with Crippen LogP contribution in [0.3, 0.4) is 0 Å². The summed E-state index contributed by atoms with van der Waals surface area (Å²) in [7, 11) is 1.74. The Morgan fingerprint density at radius 1 is 1.30 bits per heavy atom. The van der Waals surface area contributed by atoms with Crippen LogP contribution >= 0.6 is 23.1 Å². The van der Waals surface area contributed by atoms with Crippen LogP contribution in [0.15, 0.2) is 21.4 Å². The first kappa shape index (κ1) is 17.7. The van der Waals surface area contributed by atoms with Crippen LogP contribution in [0.4, 0.5) is 0 Å². The zero-order valence-electron chi connectivity index (χ0n) is 15.7. The molecule has 4 fully saturated rings. The summed E-state index contributed by atoms with van der Waals surface area (Å²) >= 11 is 2.80. The summed E-state index contributed by atoms with van der Waals surface area (Å²) in [6.45, 7) is 1.92. The lowest BCUT2D eigenvalue weighted by Crippen LogP contribution is -2.60. The van der Waals surface area contributed by atoms with E-state index in [4.69, 9.17) is 0 Å². The lowest BCUT2D eigenvalue weighted by Gasteiger charge is -2.57. The number of aromatic nitrogens is 2. The van der Waals surface area contributed by atoms with Gasteiger partial charge in [-0.2, -0.15) is 0 Å². The molecule has 5 nitrogen and oxygen atoms in total. The number of rotatable bonds is 4. The maximum absolute atomic E-state index is 13.0. The standard InChI is InChI=1S/C20H25N3O2S2/c1-11(27-19-21-15-3-4-26-16(15)18(25)23(19)2)17(24)22-20-8-12-5-13(9-20)7-14(6-12)10-20/h3-4,11-14H,5-10H2,1-2H3,(H,22,24). The van der Waals surface area contributed by atoms with Crippen molar-refractivity contribution in [3.05, 3.63) is 21.8 Å². The molecular formula is C20H25N3O2S2. The van der Waals surface area contributed by atoms with Gasteiger partial charge in [0.05, 0.1) is 10.8 Å². The Balaban J connectivity index is 1.33. The number of nitrogens with zero attached hydrogens (tertiary/aromatic N) is 2. The Hall–Kier alpha value is -1.34. The SMILES string of the molecule is CC(Sc1nc2ccsc2c(=O)n1C)C(=O)NC12CC3CC(CC(C3)C1)C2. The number of thiophene rings is 1. The number of thioether (sulfide) groups is 1. The predicted octanol–water partition coefficient (Wildman–Crippen LogP) is 3.56. The van der Waals surface area contributed by atoms with Crippen molar-refractivity contribution in [1.82, 2.24) is 14.9 Å². The molecule has 27 heavy (non-hydrogen) atoms. The van der Waals surface area contributed by atoms with Crippen molar-refractivity contribution in [2.45, 2.75) is 61.4 Å². The van der Waals surface area contributed by atoms with Crippen molar-refractivity contribution < 1.29 is 4.79 Å².